The first-order valence-corrected chi connectivity index (χ1v) is 9.45. The van der Waals surface area contributed by atoms with Crippen LogP contribution in [0.2, 0.25) is 0 Å². The van der Waals surface area contributed by atoms with E-state index in [1.54, 1.807) is 14.1 Å². The maximum atomic E-state index is 11.8. The molecule has 146 valence electrons. The summed E-state index contributed by atoms with van der Waals surface area (Å²) in [5.41, 5.74) is 2.61. The minimum atomic E-state index is -0.436. The number of hydrogen-bond donors (Lipinski definition) is 1. The molecule has 2 rings (SSSR count). The highest BCUT2D eigenvalue weighted by Gasteiger charge is 2.16. The molecule has 6 nitrogen and oxygen atoms in total. The van der Waals surface area contributed by atoms with Crippen molar-refractivity contribution in [2.75, 3.05) is 26.0 Å². The van der Waals surface area contributed by atoms with Gasteiger partial charge in [-0.3, -0.25) is 0 Å². The fraction of sp³-hybridized carbons (Fsp3) is 0.476. The summed E-state index contributed by atoms with van der Waals surface area (Å²) in [6.45, 7) is 6.62. The number of nitrogens with zero attached hydrogens (tertiary/aromatic N) is 3. The van der Waals surface area contributed by atoms with E-state index in [1.165, 1.54) is 23.3 Å². The fourth-order valence-electron chi connectivity index (χ4n) is 2.89. The number of hydrogen-bond acceptors (Lipinski definition) is 5. The van der Waals surface area contributed by atoms with Crippen molar-refractivity contribution in [2.24, 2.45) is 0 Å². The average molecular weight is 370 g/mol. The largest absolute Gasteiger partial charge is 0.414 e. The number of unbranched alkanes of at least 4 members (excludes halogenated alkanes) is 1. The van der Waals surface area contributed by atoms with E-state index in [9.17, 15) is 4.79 Å². The van der Waals surface area contributed by atoms with E-state index in [0.29, 0.717) is 29.0 Å². The highest BCUT2D eigenvalue weighted by molar-refractivity contribution is 5.70. The number of carbonyl (C=O) groups excluding carboxylic acids is 1. The number of rotatable bonds is 8. The first-order valence-electron chi connectivity index (χ1n) is 9.45. The summed E-state index contributed by atoms with van der Waals surface area (Å²) in [4.78, 5) is 22.1. The molecule has 0 saturated carbocycles. The molecule has 6 heteroatoms. The quantitative estimate of drug-likeness (QED) is 0.739. The van der Waals surface area contributed by atoms with Crippen molar-refractivity contribution in [3.8, 4) is 5.75 Å². The molecule has 0 aliphatic heterocycles. The summed E-state index contributed by atoms with van der Waals surface area (Å²) in [5, 5.41) is 3.36. The Kier molecular flexibility index (Phi) is 7.58. The molecule has 1 amide bonds. The van der Waals surface area contributed by atoms with Gasteiger partial charge < -0.3 is 15.0 Å². The van der Waals surface area contributed by atoms with Crippen LogP contribution in [0.1, 0.15) is 49.1 Å². The van der Waals surface area contributed by atoms with E-state index in [4.69, 9.17) is 4.74 Å². The van der Waals surface area contributed by atoms with Crippen molar-refractivity contribution in [3.05, 3.63) is 47.3 Å². The van der Waals surface area contributed by atoms with Gasteiger partial charge in [0, 0.05) is 26.6 Å². The Morgan fingerprint density at radius 1 is 1.15 bits per heavy atom. The van der Waals surface area contributed by atoms with Crippen molar-refractivity contribution in [1.82, 2.24) is 14.9 Å². The van der Waals surface area contributed by atoms with Crippen LogP contribution in [0, 0.1) is 13.8 Å². The van der Waals surface area contributed by atoms with Crippen LogP contribution >= 0.6 is 0 Å². The predicted octanol–water partition coefficient (Wildman–Crippen LogP) is 4.54. The molecule has 1 N–H and O–H groups in total. The maximum Gasteiger partial charge on any atom is 0.414 e. The van der Waals surface area contributed by atoms with E-state index in [1.807, 2.05) is 19.9 Å². The van der Waals surface area contributed by atoms with Gasteiger partial charge in [0.1, 0.15) is 0 Å². The van der Waals surface area contributed by atoms with Gasteiger partial charge in [-0.25, -0.2) is 14.8 Å². The van der Waals surface area contributed by atoms with Crippen LogP contribution in [0.3, 0.4) is 0 Å². The van der Waals surface area contributed by atoms with Crippen LogP contribution in [0.15, 0.2) is 30.3 Å². The van der Waals surface area contributed by atoms with Gasteiger partial charge in [0.05, 0.1) is 11.4 Å². The van der Waals surface area contributed by atoms with E-state index in [2.05, 4.69) is 46.5 Å². The van der Waals surface area contributed by atoms with Crippen LogP contribution in [0.5, 0.6) is 5.75 Å². The normalized spacial score (nSPS) is 11.7. The van der Waals surface area contributed by atoms with Gasteiger partial charge in [0.25, 0.3) is 0 Å². The minimum Gasteiger partial charge on any atom is -0.406 e. The number of carbonyl (C=O) groups is 1. The second-order valence-electron chi connectivity index (χ2n) is 6.94. The Hall–Kier alpha value is -2.63. The number of amides is 1. The molecule has 0 fully saturated rings. The topological polar surface area (TPSA) is 67.4 Å². The zero-order valence-corrected chi connectivity index (χ0v) is 17.0. The van der Waals surface area contributed by atoms with Gasteiger partial charge >= 0.3 is 6.09 Å². The lowest BCUT2D eigenvalue weighted by atomic mass is 9.93. The highest BCUT2D eigenvalue weighted by atomic mass is 16.6. The molecule has 0 saturated heterocycles. The summed E-state index contributed by atoms with van der Waals surface area (Å²) in [6.07, 6.45) is 3.03. The van der Waals surface area contributed by atoms with Gasteiger partial charge in [-0.15, -0.1) is 0 Å². The summed E-state index contributed by atoms with van der Waals surface area (Å²) in [7, 11) is 3.29. The van der Waals surface area contributed by atoms with E-state index in [-0.39, 0.29) is 0 Å². The van der Waals surface area contributed by atoms with Gasteiger partial charge in [0.2, 0.25) is 5.95 Å². The van der Waals surface area contributed by atoms with Crippen molar-refractivity contribution in [3.63, 3.8) is 0 Å². The third kappa shape index (κ3) is 5.94. The van der Waals surface area contributed by atoms with Gasteiger partial charge in [-0.2, -0.15) is 0 Å². The SMILES string of the molecule is CCCCC(CNc1nc(C)c(OC(=O)N(C)C)c(C)n1)c1ccccc1. The molecule has 0 radical (unpaired) electrons. The molecule has 0 aliphatic carbocycles. The van der Waals surface area contributed by atoms with Crippen molar-refractivity contribution < 1.29 is 9.53 Å². The molecule has 0 aliphatic rings. The second kappa shape index (κ2) is 9.90. The highest BCUT2D eigenvalue weighted by Crippen LogP contribution is 2.25. The zero-order valence-electron chi connectivity index (χ0n) is 17.0. The Morgan fingerprint density at radius 2 is 1.78 bits per heavy atom. The van der Waals surface area contributed by atoms with Crippen LogP contribution in [-0.4, -0.2) is 41.6 Å². The van der Waals surface area contributed by atoms with Crippen LogP contribution in [0.25, 0.3) is 0 Å². The molecular formula is C21H30N4O2. The van der Waals surface area contributed by atoms with Crippen molar-refractivity contribution in [2.45, 2.75) is 46.0 Å². The van der Waals surface area contributed by atoms with Crippen molar-refractivity contribution in [1.29, 1.82) is 0 Å². The number of benzene rings is 1. The van der Waals surface area contributed by atoms with Crippen LogP contribution in [0.4, 0.5) is 10.7 Å². The number of ether oxygens (including phenoxy) is 1. The standard InChI is InChI=1S/C21H30N4O2/c1-6-7-11-18(17-12-9-8-10-13-17)14-22-20-23-15(2)19(16(3)24-20)27-21(26)25(4)5/h8-10,12-13,18H,6-7,11,14H2,1-5H3,(H,22,23,24). The number of aryl methyl sites for hydroxylation is 2. The van der Waals surface area contributed by atoms with Gasteiger partial charge in [-0.05, 0) is 25.8 Å². The Morgan fingerprint density at radius 3 is 2.33 bits per heavy atom. The third-order valence-electron chi connectivity index (χ3n) is 4.44. The molecule has 1 aromatic heterocycles. The Balaban J connectivity index is 2.10. The number of aromatic nitrogens is 2. The van der Waals surface area contributed by atoms with Crippen LogP contribution < -0.4 is 10.1 Å². The summed E-state index contributed by atoms with van der Waals surface area (Å²) >= 11 is 0. The Labute approximate surface area is 162 Å². The maximum absolute atomic E-state index is 11.8. The predicted molar refractivity (Wildman–Crippen MR) is 108 cm³/mol. The lowest BCUT2D eigenvalue weighted by molar-refractivity contribution is 0.171. The molecule has 1 unspecified atom stereocenters. The van der Waals surface area contributed by atoms with Gasteiger partial charge in [0.15, 0.2) is 5.75 Å². The van der Waals surface area contributed by atoms with E-state index in [0.717, 1.165) is 13.0 Å². The van der Waals surface area contributed by atoms with Crippen LogP contribution in [-0.2, 0) is 0 Å². The molecule has 27 heavy (non-hydrogen) atoms. The first kappa shape index (κ1) is 20.7. The van der Waals surface area contributed by atoms with E-state index >= 15 is 0 Å². The zero-order chi connectivity index (χ0) is 19.8. The lowest BCUT2D eigenvalue weighted by Gasteiger charge is -2.19. The third-order valence-corrected chi connectivity index (χ3v) is 4.44. The molecule has 0 spiro atoms. The smallest absolute Gasteiger partial charge is 0.406 e. The summed E-state index contributed by atoms with van der Waals surface area (Å²) in [5.74, 6) is 1.39. The monoisotopic (exact) mass is 370 g/mol. The summed E-state index contributed by atoms with van der Waals surface area (Å²) in [6, 6.07) is 10.5. The Bertz CT molecular complexity index is 724. The van der Waals surface area contributed by atoms with Crippen molar-refractivity contribution >= 4 is 12.0 Å². The second-order valence-corrected chi connectivity index (χ2v) is 6.94. The molecule has 1 atom stereocenters. The molecular weight excluding hydrogens is 340 g/mol. The van der Waals surface area contributed by atoms with E-state index < -0.39 is 6.09 Å². The number of anilines is 1. The molecule has 1 aromatic carbocycles. The molecule has 2 aromatic rings. The summed E-state index contributed by atoms with van der Waals surface area (Å²) < 4.78 is 5.37. The minimum absolute atomic E-state index is 0.404. The van der Waals surface area contributed by atoms with Gasteiger partial charge in [-0.1, -0.05) is 50.1 Å². The average Bonchev–Trinajstić information content (AvgIpc) is 2.65. The molecule has 1 heterocycles. The fourth-order valence-corrected chi connectivity index (χ4v) is 2.89. The molecule has 0 bridgehead atoms. The number of nitrogens with one attached hydrogen (secondary N) is 1. The lowest BCUT2D eigenvalue weighted by Crippen LogP contribution is -2.26. The first-order chi connectivity index (χ1) is 12.9.